The van der Waals surface area contributed by atoms with Crippen LogP contribution in [0.25, 0.3) is 0 Å². The van der Waals surface area contributed by atoms with E-state index in [0.717, 1.165) is 19.4 Å². The Kier molecular flexibility index (Phi) is 3.39. The second-order valence-electron chi connectivity index (χ2n) is 4.49. The maximum atomic E-state index is 9.18. The number of hydrogen-bond acceptors (Lipinski definition) is 2. The number of aryl methyl sites for hydroxylation is 1. The summed E-state index contributed by atoms with van der Waals surface area (Å²) in [4.78, 5) is 0. The molecule has 0 amide bonds. The van der Waals surface area contributed by atoms with Gasteiger partial charge in [-0.3, -0.25) is 0 Å². The highest BCUT2D eigenvalue weighted by molar-refractivity contribution is 5.25. The van der Waals surface area contributed by atoms with Crippen LogP contribution in [0.3, 0.4) is 0 Å². The van der Waals surface area contributed by atoms with Crippen LogP contribution in [0.4, 0.5) is 0 Å². The summed E-state index contributed by atoms with van der Waals surface area (Å²) in [7, 11) is 0. The predicted molar refractivity (Wildman–Crippen MR) is 61.7 cm³/mol. The largest absolute Gasteiger partial charge is 0.396 e. The summed E-state index contributed by atoms with van der Waals surface area (Å²) in [6.45, 7) is 3.46. The highest BCUT2D eigenvalue weighted by Crippen LogP contribution is 2.27. The number of rotatable bonds is 2. The molecule has 1 aliphatic rings. The molecule has 2 rings (SSSR count). The molecule has 2 atom stereocenters. The van der Waals surface area contributed by atoms with Gasteiger partial charge in [0.15, 0.2) is 0 Å². The minimum atomic E-state index is 0.323. The van der Waals surface area contributed by atoms with E-state index in [1.807, 2.05) is 0 Å². The van der Waals surface area contributed by atoms with Crippen LogP contribution in [0.2, 0.25) is 0 Å². The molecule has 2 unspecified atom stereocenters. The van der Waals surface area contributed by atoms with Crippen LogP contribution >= 0.6 is 0 Å². The molecule has 15 heavy (non-hydrogen) atoms. The van der Waals surface area contributed by atoms with E-state index >= 15 is 0 Å². The molecule has 2 nitrogen and oxygen atoms in total. The van der Waals surface area contributed by atoms with Crippen LogP contribution in [-0.2, 0) is 0 Å². The van der Waals surface area contributed by atoms with E-state index in [4.69, 9.17) is 0 Å². The highest BCUT2D eigenvalue weighted by atomic mass is 16.3. The molecule has 0 aromatic heterocycles. The molecule has 0 saturated carbocycles. The fourth-order valence-corrected chi connectivity index (χ4v) is 2.30. The lowest BCUT2D eigenvalue weighted by Crippen LogP contribution is -2.33. The van der Waals surface area contributed by atoms with E-state index < -0.39 is 0 Å². The molecule has 0 radical (unpaired) electrons. The van der Waals surface area contributed by atoms with Crippen molar-refractivity contribution >= 4 is 0 Å². The van der Waals surface area contributed by atoms with Gasteiger partial charge < -0.3 is 10.4 Å². The Morgan fingerprint density at radius 1 is 1.47 bits per heavy atom. The predicted octanol–water partition coefficient (Wildman–Crippen LogP) is 2.03. The van der Waals surface area contributed by atoms with Gasteiger partial charge >= 0.3 is 0 Å². The first-order chi connectivity index (χ1) is 7.29. The molecule has 1 fully saturated rings. The molecule has 0 aliphatic carbocycles. The summed E-state index contributed by atoms with van der Waals surface area (Å²) < 4.78 is 0. The fourth-order valence-electron chi connectivity index (χ4n) is 2.30. The first-order valence-corrected chi connectivity index (χ1v) is 5.70. The van der Waals surface area contributed by atoms with Crippen molar-refractivity contribution in [3.63, 3.8) is 0 Å². The minimum Gasteiger partial charge on any atom is -0.396 e. The van der Waals surface area contributed by atoms with Crippen LogP contribution in [0.5, 0.6) is 0 Å². The summed E-state index contributed by atoms with van der Waals surface area (Å²) in [5.74, 6) is 0.469. The van der Waals surface area contributed by atoms with Gasteiger partial charge in [-0.1, -0.05) is 29.8 Å². The van der Waals surface area contributed by atoms with Gasteiger partial charge in [0.2, 0.25) is 0 Å². The van der Waals surface area contributed by atoms with Crippen molar-refractivity contribution in [2.24, 2.45) is 5.92 Å². The van der Waals surface area contributed by atoms with E-state index in [9.17, 15) is 5.11 Å². The van der Waals surface area contributed by atoms with Crippen molar-refractivity contribution < 1.29 is 5.11 Å². The SMILES string of the molecule is Cc1cccc(C2CC(CO)CCN2)c1. The molecule has 1 aromatic rings. The standard InChI is InChI=1S/C13H19NO/c1-10-3-2-4-12(7-10)13-8-11(9-15)5-6-14-13/h2-4,7,11,13-15H,5-6,8-9H2,1H3. The molecule has 0 spiro atoms. The van der Waals surface area contributed by atoms with Crippen molar-refractivity contribution in [3.05, 3.63) is 35.4 Å². The zero-order valence-corrected chi connectivity index (χ0v) is 9.24. The van der Waals surface area contributed by atoms with Crippen LogP contribution in [0.15, 0.2) is 24.3 Å². The summed E-state index contributed by atoms with van der Waals surface area (Å²) in [5, 5.41) is 12.7. The lowest BCUT2D eigenvalue weighted by atomic mass is 9.89. The van der Waals surface area contributed by atoms with Crippen molar-refractivity contribution in [2.45, 2.75) is 25.8 Å². The van der Waals surface area contributed by atoms with Crippen molar-refractivity contribution in [1.29, 1.82) is 0 Å². The van der Waals surface area contributed by atoms with Gasteiger partial charge in [-0.25, -0.2) is 0 Å². The van der Waals surface area contributed by atoms with Crippen LogP contribution < -0.4 is 5.32 Å². The second-order valence-corrected chi connectivity index (χ2v) is 4.49. The quantitative estimate of drug-likeness (QED) is 0.774. The molecule has 1 aliphatic heterocycles. The Labute approximate surface area is 91.3 Å². The van der Waals surface area contributed by atoms with E-state index in [2.05, 4.69) is 36.5 Å². The zero-order valence-electron chi connectivity index (χ0n) is 9.24. The number of piperidine rings is 1. The monoisotopic (exact) mass is 205 g/mol. The third-order valence-corrected chi connectivity index (χ3v) is 3.22. The summed E-state index contributed by atoms with van der Waals surface area (Å²) >= 11 is 0. The molecule has 1 heterocycles. The molecule has 2 heteroatoms. The van der Waals surface area contributed by atoms with Gasteiger partial charge in [0.25, 0.3) is 0 Å². The highest BCUT2D eigenvalue weighted by Gasteiger charge is 2.21. The molecule has 2 N–H and O–H groups in total. The number of aliphatic hydroxyl groups excluding tert-OH is 1. The van der Waals surface area contributed by atoms with Gasteiger partial charge in [0.1, 0.15) is 0 Å². The number of nitrogens with one attached hydrogen (secondary N) is 1. The van der Waals surface area contributed by atoms with Crippen LogP contribution in [0.1, 0.15) is 30.0 Å². The van der Waals surface area contributed by atoms with Gasteiger partial charge in [-0.2, -0.15) is 0 Å². The van der Waals surface area contributed by atoms with E-state index in [-0.39, 0.29) is 0 Å². The van der Waals surface area contributed by atoms with Crippen molar-refractivity contribution in [3.8, 4) is 0 Å². The summed E-state index contributed by atoms with van der Waals surface area (Å²) in [6, 6.07) is 9.06. The third-order valence-electron chi connectivity index (χ3n) is 3.22. The van der Waals surface area contributed by atoms with Gasteiger partial charge in [0.05, 0.1) is 0 Å². The number of benzene rings is 1. The average molecular weight is 205 g/mol. The Balaban J connectivity index is 2.09. The molecule has 0 bridgehead atoms. The maximum absolute atomic E-state index is 9.18. The Morgan fingerprint density at radius 3 is 3.07 bits per heavy atom. The van der Waals surface area contributed by atoms with Gasteiger partial charge in [-0.05, 0) is 37.8 Å². The zero-order chi connectivity index (χ0) is 10.7. The maximum Gasteiger partial charge on any atom is 0.0460 e. The van der Waals surface area contributed by atoms with E-state index in [0.29, 0.717) is 18.6 Å². The van der Waals surface area contributed by atoms with Crippen LogP contribution in [-0.4, -0.2) is 18.3 Å². The lowest BCUT2D eigenvalue weighted by Gasteiger charge is -2.29. The van der Waals surface area contributed by atoms with Gasteiger partial charge in [0, 0.05) is 12.6 Å². The first kappa shape index (κ1) is 10.7. The number of hydrogen-bond donors (Lipinski definition) is 2. The minimum absolute atomic E-state index is 0.323. The summed E-state index contributed by atoms with van der Waals surface area (Å²) in [6.07, 6.45) is 2.15. The molecule has 82 valence electrons. The second kappa shape index (κ2) is 4.77. The Bertz CT molecular complexity index is 324. The topological polar surface area (TPSA) is 32.3 Å². The van der Waals surface area contributed by atoms with Crippen molar-refractivity contribution in [2.75, 3.05) is 13.2 Å². The summed E-state index contributed by atoms with van der Waals surface area (Å²) in [5.41, 5.74) is 2.66. The molecular formula is C13H19NO. The van der Waals surface area contributed by atoms with E-state index in [1.165, 1.54) is 11.1 Å². The van der Waals surface area contributed by atoms with Gasteiger partial charge in [-0.15, -0.1) is 0 Å². The fraction of sp³-hybridized carbons (Fsp3) is 0.538. The third kappa shape index (κ3) is 2.58. The Morgan fingerprint density at radius 2 is 2.33 bits per heavy atom. The van der Waals surface area contributed by atoms with Crippen LogP contribution in [0, 0.1) is 12.8 Å². The smallest absolute Gasteiger partial charge is 0.0460 e. The normalized spacial score (nSPS) is 26.5. The lowest BCUT2D eigenvalue weighted by molar-refractivity contribution is 0.176. The molecule has 1 saturated heterocycles. The molecular weight excluding hydrogens is 186 g/mol. The molecule has 1 aromatic carbocycles. The van der Waals surface area contributed by atoms with E-state index in [1.54, 1.807) is 0 Å². The van der Waals surface area contributed by atoms with Crippen molar-refractivity contribution in [1.82, 2.24) is 5.32 Å². The average Bonchev–Trinajstić information content (AvgIpc) is 2.29. The number of aliphatic hydroxyl groups is 1. The Hall–Kier alpha value is -0.860. The first-order valence-electron chi connectivity index (χ1n) is 5.70.